The first kappa shape index (κ1) is 9.78. The van der Waals surface area contributed by atoms with Crippen LogP contribution in [0.1, 0.15) is 22.3 Å². The summed E-state index contributed by atoms with van der Waals surface area (Å²) in [5.74, 6) is 0. The highest BCUT2D eigenvalue weighted by atomic mass is 16.5. The maximum Gasteiger partial charge on any atom is 0.222 e. The molecule has 13 heavy (non-hydrogen) atoms. The van der Waals surface area contributed by atoms with Gasteiger partial charge in [-0.25, -0.2) is 0 Å². The van der Waals surface area contributed by atoms with Gasteiger partial charge in [0.25, 0.3) is 0 Å². The minimum absolute atomic E-state index is 1.09. The van der Waals surface area contributed by atoms with Gasteiger partial charge in [0.1, 0.15) is 0 Å². The Morgan fingerprint density at radius 2 is 1.62 bits per heavy atom. The van der Waals surface area contributed by atoms with Gasteiger partial charge in [0.05, 0.1) is 0 Å². The summed E-state index contributed by atoms with van der Waals surface area (Å²) >= 11 is 0. The second-order valence-corrected chi connectivity index (χ2v) is 3.52. The van der Waals surface area contributed by atoms with E-state index in [1.165, 1.54) is 16.7 Å². The van der Waals surface area contributed by atoms with E-state index in [4.69, 9.17) is 5.21 Å². The molecule has 0 aliphatic heterocycles. The molecule has 0 unspecified atom stereocenters. The first-order chi connectivity index (χ1) is 6.00. The Kier molecular flexibility index (Phi) is 2.71. The van der Waals surface area contributed by atoms with Crippen molar-refractivity contribution in [1.82, 2.24) is 0 Å². The molecular formula is C11H16NO+. The van der Waals surface area contributed by atoms with Gasteiger partial charge in [-0.05, 0) is 36.6 Å². The van der Waals surface area contributed by atoms with Gasteiger partial charge in [0, 0.05) is 5.56 Å². The number of hydrogen-bond donors (Lipinski definition) is 1. The standard InChI is InChI=1S/C11H16NO/c1-8-5-9(2)11(7-12(4)13)10(3)6-8/h5-7,13H,1-4H3/q+1. The molecule has 0 spiro atoms. The third-order valence-electron chi connectivity index (χ3n) is 2.05. The van der Waals surface area contributed by atoms with Gasteiger partial charge < -0.3 is 0 Å². The van der Waals surface area contributed by atoms with Crippen molar-refractivity contribution in [1.29, 1.82) is 0 Å². The molecule has 0 heterocycles. The molecule has 0 fully saturated rings. The lowest BCUT2D eigenvalue weighted by molar-refractivity contribution is -0.751. The number of aryl methyl sites for hydroxylation is 3. The summed E-state index contributed by atoms with van der Waals surface area (Å²) in [6, 6.07) is 4.23. The number of rotatable bonds is 1. The third-order valence-corrected chi connectivity index (χ3v) is 2.05. The predicted octanol–water partition coefficient (Wildman–Crippen LogP) is 2.06. The van der Waals surface area contributed by atoms with E-state index < -0.39 is 0 Å². The summed E-state index contributed by atoms with van der Waals surface area (Å²) in [5.41, 5.74) is 4.74. The maximum atomic E-state index is 9.10. The van der Waals surface area contributed by atoms with Gasteiger partial charge >= 0.3 is 0 Å². The minimum Gasteiger partial charge on any atom is -0.291 e. The van der Waals surface area contributed by atoms with Crippen LogP contribution in [-0.4, -0.2) is 23.2 Å². The van der Waals surface area contributed by atoms with Crippen LogP contribution < -0.4 is 0 Å². The molecule has 0 amide bonds. The molecule has 0 aliphatic carbocycles. The van der Waals surface area contributed by atoms with Crippen molar-refractivity contribution in [2.75, 3.05) is 7.05 Å². The molecule has 1 aromatic rings. The average molecular weight is 178 g/mol. The molecule has 2 heteroatoms. The first-order valence-electron chi connectivity index (χ1n) is 4.35. The fraction of sp³-hybridized carbons (Fsp3) is 0.364. The average Bonchev–Trinajstić information content (AvgIpc) is 1.96. The molecule has 0 radical (unpaired) electrons. The van der Waals surface area contributed by atoms with Crippen LogP contribution in [-0.2, 0) is 0 Å². The molecule has 0 bridgehead atoms. The van der Waals surface area contributed by atoms with Crippen LogP contribution in [0, 0.1) is 20.8 Å². The van der Waals surface area contributed by atoms with Gasteiger partial charge in [-0.2, -0.15) is 0 Å². The Balaban J connectivity index is 3.29. The molecule has 70 valence electrons. The second-order valence-electron chi connectivity index (χ2n) is 3.52. The normalized spacial score (nSPS) is 11.8. The van der Waals surface area contributed by atoms with Crippen LogP contribution in [0.25, 0.3) is 0 Å². The van der Waals surface area contributed by atoms with Crippen LogP contribution in [0.3, 0.4) is 0 Å². The van der Waals surface area contributed by atoms with Crippen molar-refractivity contribution >= 4 is 6.21 Å². The molecule has 2 nitrogen and oxygen atoms in total. The predicted molar refractivity (Wildman–Crippen MR) is 53.8 cm³/mol. The Bertz CT molecular complexity index is 326. The third kappa shape index (κ3) is 2.31. The maximum absolute atomic E-state index is 9.10. The van der Waals surface area contributed by atoms with E-state index in [0.29, 0.717) is 0 Å². The highest BCUT2D eigenvalue weighted by molar-refractivity contribution is 5.80. The smallest absolute Gasteiger partial charge is 0.222 e. The first-order valence-corrected chi connectivity index (χ1v) is 4.35. The van der Waals surface area contributed by atoms with Crippen molar-refractivity contribution in [3.63, 3.8) is 0 Å². The van der Waals surface area contributed by atoms with Gasteiger partial charge in [-0.3, -0.25) is 5.21 Å². The Morgan fingerprint density at radius 3 is 2.00 bits per heavy atom. The Hall–Kier alpha value is -1.31. The summed E-state index contributed by atoms with van der Waals surface area (Å²) < 4.78 is 1.09. The number of hydroxylamine groups is 1. The molecule has 0 atom stereocenters. The van der Waals surface area contributed by atoms with Gasteiger partial charge in [-0.1, -0.05) is 17.7 Å². The molecule has 0 saturated carbocycles. The lowest BCUT2D eigenvalue weighted by Crippen LogP contribution is -2.04. The van der Waals surface area contributed by atoms with Crippen molar-refractivity contribution in [2.45, 2.75) is 20.8 Å². The number of nitrogens with zero attached hydrogens (tertiary/aromatic N) is 1. The van der Waals surface area contributed by atoms with E-state index in [0.717, 1.165) is 10.3 Å². The van der Waals surface area contributed by atoms with Gasteiger partial charge in [0.2, 0.25) is 6.21 Å². The Labute approximate surface area is 79.1 Å². The zero-order valence-electron chi connectivity index (χ0n) is 8.63. The van der Waals surface area contributed by atoms with Gasteiger partial charge in [-0.15, -0.1) is 0 Å². The van der Waals surface area contributed by atoms with Crippen molar-refractivity contribution < 1.29 is 9.95 Å². The minimum atomic E-state index is 1.09. The second kappa shape index (κ2) is 3.60. The van der Waals surface area contributed by atoms with E-state index in [1.807, 2.05) is 0 Å². The van der Waals surface area contributed by atoms with Crippen LogP contribution in [0.2, 0.25) is 0 Å². The Morgan fingerprint density at radius 1 is 1.15 bits per heavy atom. The molecule has 1 rings (SSSR count). The van der Waals surface area contributed by atoms with Crippen molar-refractivity contribution in [2.24, 2.45) is 0 Å². The van der Waals surface area contributed by atoms with Gasteiger partial charge in [0.15, 0.2) is 7.05 Å². The van der Waals surface area contributed by atoms with Crippen LogP contribution in [0.4, 0.5) is 0 Å². The molecule has 1 aromatic carbocycles. The summed E-state index contributed by atoms with van der Waals surface area (Å²) in [4.78, 5) is 0. The zero-order valence-corrected chi connectivity index (χ0v) is 8.63. The number of benzene rings is 1. The summed E-state index contributed by atoms with van der Waals surface area (Å²) in [7, 11) is 1.61. The quantitative estimate of drug-likeness (QED) is 0.302. The monoisotopic (exact) mass is 178 g/mol. The largest absolute Gasteiger partial charge is 0.291 e. The van der Waals surface area contributed by atoms with E-state index in [1.54, 1.807) is 13.3 Å². The highest BCUT2D eigenvalue weighted by Crippen LogP contribution is 2.13. The molecule has 0 aromatic heterocycles. The van der Waals surface area contributed by atoms with E-state index in [9.17, 15) is 0 Å². The van der Waals surface area contributed by atoms with Crippen molar-refractivity contribution in [3.05, 3.63) is 34.4 Å². The lowest BCUT2D eigenvalue weighted by atomic mass is 10.0. The topological polar surface area (TPSA) is 23.2 Å². The van der Waals surface area contributed by atoms with Crippen LogP contribution in [0.5, 0.6) is 0 Å². The summed E-state index contributed by atoms with van der Waals surface area (Å²) in [6.07, 6.45) is 1.73. The molecule has 1 N–H and O–H groups in total. The zero-order chi connectivity index (χ0) is 10.0. The van der Waals surface area contributed by atoms with E-state index >= 15 is 0 Å². The van der Waals surface area contributed by atoms with E-state index in [-0.39, 0.29) is 0 Å². The van der Waals surface area contributed by atoms with E-state index in [2.05, 4.69) is 32.9 Å². The fourth-order valence-corrected chi connectivity index (χ4v) is 1.58. The SMILES string of the molecule is Cc1cc(C)c(C=[N+](C)O)c(C)c1. The molecule has 0 saturated heterocycles. The lowest BCUT2D eigenvalue weighted by Gasteiger charge is -2.03. The fourth-order valence-electron chi connectivity index (χ4n) is 1.58. The molecular weight excluding hydrogens is 162 g/mol. The number of hydrogen-bond acceptors (Lipinski definition) is 1. The highest BCUT2D eigenvalue weighted by Gasteiger charge is 2.04. The van der Waals surface area contributed by atoms with Crippen LogP contribution >= 0.6 is 0 Å². The summed E-state index contributed by atoms with van der Waals surface area (Å²) in [6.45, 7) is 6.18. The van der Waals surface area contributed by atoms with Crippen molar-refractivity contribution in [3.8, 4) is 0 Å². The summed E-state index contributed by atoms with van der Waals surface area (Å²) in [5, 5.41) is 9.10. The molecule has 0 aliphatic rings. The van der Waals surface area contributed by atoms with Crippen LogP contribution in [0.15, 0.2) is 12.1 Å².